The lowest BCUT2D eigenvalue weighted by molar-refractivity contribution is 0.189. The minimum Gasteiger partial charge on any atom is -0.314 e. The van der Waals surface area contributed by atoms with E-state index in [0.29, 0.717) is 0 Å². The van der Waals surface area contributed by atoms with Crippen LogP contribution in [-0.2, 0) is 0 Å². The molecule has 2 aliphatic rings. The Kier molecular flexibility index (Phi) is 5.97. The molecule has 0 aromatic carbocycles. The topological polar surface area (TPSA) is 15.3 Å². The van der Waals surface area contributed by atoms with Crippen LogP contribution in [0.15, 0.2) is 0 Å². The molecule has 1 saturated heterocycles. The summed E-state index contributed by atoms with van der Waals surface area (Å²) >= 11 is 0. The van der Waals surface area contributed by atoms with Crippen molar-refractivity contribution in [2.75, 3.05) is 26.2 Å². The Balaban J connectivity index is 1.53. The molecular weight excluding hydrogens is 220 g/mol. The molecule has 2 unspecified atom stereocenters. The van der Waals surface area contributed by atoms with E-state index >= 15 is 0 Å². The second-order valence-electron chi connectivity index (χ2n) is 6.54. The maximum atomic E-state index is 3.80. The summed E-state index contributed by atoms with van der Waals surface area (Å²) in [5, 5.41) is 3.80. The molecule has 1 aliphatic heterocycles. The second kappa shape index (κ2) is 7.49. The molecule has 0 bridgehead atoms. The van der Waals surface area contributed by atoms with Gasteiger partial charge in [0.1, 0.15) is 0 Å². The second-order valence-corrected chi connectivity index (χ2v) is 6.54. The quantitative estimate of drug-likeness (QED) is 0.730. The number of piperidine rings is 1. The molecule has 2 rings (SSSR count). The lowest BCUT2D eigenvalue weighted by Crippen LogP contribution is -2.37. The van der Waals surface area contributed by atoms with Crippen molar-refractivity contribution >= 4 is 0 Å². The number of likely N-dealkylation sites (tertiary alicyclic amines) is 1. The number of hydrogen-bond donors (Lipinski definition) is 1. The molecule has 2 nitrogen and oxygen atoms in total. The largest absolute Gasteiger partial charge is 0.314 e. The first kappa shape index (κ1) is 14.3. The van der Waals surface area contributed by atoms with E-state index in [-0.39, 0.29) is 0 Å². The predicted molar refractivity (Wildman–Crippen MR) is 78.9 cm³/mol. The Morgan fingerprint density at radius 2 is 1.89 bits per heavy atom. The molecule has 0 aromatic heterocycles. The Labute approximate surface area is 114 Å². The third kappa shape index (κ3) is 4.24. The first-order valence-electron chi connectivity index (χ1n) is 8.25. The van der Waals surface area contributed by atoms with Crippen molar-refractivity contribution in [2.45, 2.75) is 64.8 Å². The summed E-state index contributed by atoms with van der Waals surface area (Å²) in [6.45, 7) is 9.95. The van der Waals surface area contributed by atoms with E-state index in [4.69, 9.17) is 0 Å². The number of rotatable bonds is 6. The van der Waals surface area contributed by atoms with Crippen LogP contribution < -0.4 is 5.32 Å². The van der Waals surface area contributed by atoms with Crippen LogP contribution >= 0.6 is 0 Å². The molecular formula is C16H32N2. The van der Waals surface area contributed by atoms with Gasteiger partial charge in [0.15, 0.2) is 0 Å². The third-order valence-electron chi connectivity index (χ3n) is 5.12. The molecule has 0 spiro atoms. The Bertz CT molecular complexity index is 221. The third-order valence-corrected chi connectivity index (χ3v) is 5.12. The van der Waals surface area contributed by atoms with Crippen molar-refractivity contribution in [3.8, 4) is 0 Å². The van der Waals surface area contributed by atoms with E-state index in [0.717, 1.165) is 17.9 Å². The summed E-state index contributed by atoms with van der Waals surface area (Å²) in [6.07, 6.45) is 9.84. The fourth-order valence-corrected chi connectivity index (χ4v) is 3.67. The molecule has 1 N–H and O–H groups in total. The van der Waals surface area contributed by atoms with Gasteiger partial charge in [-0.25, -0.2) is 0 Å². The molecule has 2 heteroatoms. The molecule has 18 heavy (non-hydrogen) atoms. The molecule has 0 radical (unpaired) electrons. The highest BCUT2D eigenvalue weighted by molar-refractivity contribution is 4.82. The van der Waals surface area contributed by atoms with E-state index in [1.54, 1.807) is 0 Å². The van der Waals surface area contributed by atoms with Gasteiger partial charge in [-0.3, -0.25) is 0 Å². The van der Waals surface area contributed by atoms with Gasteiger partial charge in [0, 0.05) is 6.04 Å². The smallest absolute Gasteiger partial charge is 0.00952 e. The SMILES string of the molecule is CCC1CCCC1NCCCN1CCC(C)CC1. The first-order chi connectivity index (χ1) is 8.79. The molecule has 2 fully saturated rings. The minimum atomic E-state index is 0.830. The van der Waals surface area contributed by atoms with Gasteiger partial charge in [0.25, 0.3) is 0 Å². The van der Waals surface area contributed by atoms with Crippen LogP contribution in [0.4, 0.5) is 0 Å². The fourth-order valence-electron chi connectivity index (χ4n) is 3.67. The Morgan fingerprint density at radius 3 is 2.61 bits per heavy atom. The summed E-state index contributed by atoms with van der Waals surface area (Å²) < 4.78 is 0. The van der Waals surface area contributed by atoms with E-state index in [1.807, 2.05) is 0 Å². The van der Waals surface area contributed by atoms with Crippen LogP contribution in [0.2, 0.25) is 0 Å². The van der Waals surface area contributed by atoms with Crippen LogP contribution in [0.5, 0.6) is 0 Å². The van der Waals surface area contributed by atoms with Crippen molar-refractivity contribution in [3.63, 3.8) is 0 Å². The lowest BCUT2D eigenvalue weighted by Gasteiger charge is -2.30. The van der Waals surface area contributed by atoms with Gasteiger partial charge in [0.05, 0.1) is 0 Å². The van der Waals surface area contributed by atoms with E-state index in [9.17, 15) is 0 Å². The monoisotopic (exact) mass is 252 g/mol. The molecule has 0 aromatic rings. The van der Waals surface area contributed by atoms with Gasteiger partial charge in [-0.15, -0.1) is 0 Å². The summed E-state index contributed by atoms with van der Waals surface area (Å²) in [5.41, 5.74) is 0. The van der Waals surface area contributed by atoms with Crippen LogP contribution in [-0.4, -0.2) is 37.1 Å². The Morgan fingerprint density at radius 1 is 1.11 bits per heavy atom. The Hall–Kier alpha value is -0.0800. The molecule has 2 atom stereocenters. The standard InChI is InChI=1S/C16H32N2/c1-3-15-6-4-7-16(15)17-10-5-11-18-12-8-14(2)9-13-18/h14-17H,3-13H2,1-2H3. The summed E-state index contributed by atoms with van der Waals surface area (Å²) in [6, 6.07) is 0.830. The summed E-state index contributed by atoms with van der Waals surface area (Å²) in [4.78, 5) is 2.66. The molecule has 1 heterocycles. The van der Waals surface area contributed by atoms with Gasteiger partial charge in [-0.2, -0.15) is 0 Å². The predicted octanol–water partition coefficient (Wildman–Crippen LogP) is 3.28. The van der Waals surface area contributed by atoms with Crippen LogP contribution in [0.1, 0.15) is 58.8 Å². The van der Waals surface area contributed by atoms with Crippen LogP contribution in [0.3, 0.4) is 0 Å². The van der Waals surface area contributed by atoms with Gasteiger partial charge in [0.2, 0.25) is 0 Å². The van der Waals surface area contributed by atoms with Crippen molar-refractivity contribution in [1.29, 1.82) is 0 Å². The summed E-state index contributed by atoms with van der Waals surface area (Å²) in [5.74, 6) is 1.92. The molecule has 1 saturated carbocycles. The maximum absolute atomic E-state index is 3.80. The lowest BCUT2D eigenvalue weighted by atomic mass is 9.99. The zero-order chi connectivity index (χ0) is 12.8. The number of nitrogens with zero attached hydrogens (tertiary/aromatic N) is 1. The first-order valence-corrected chi connectivity index (χ1v) is 8.25. The van der Waals surface area contributed by atoms with Crippen molar-refractivity contribution in [3.05, 3.63) is 0 Å². The van der Waals surface area contributed by atoms with Gasteiger partial charge in [-0.1, -0.05) is 26.7 Å². The molecule has 106 valence electrons. The molecule has 0 amide bonds. The number of hydrogen-bond acceptors (Lipinski definition) is 2. The zero-order valence-electron chi connectivity index (χ0n) is 12.5. The highest BCUT2D eigenvalue weighted by atomic mass is 15.1. The molecule has 1 aliphatic carbocycles. The van der Waals surface area contributed by atoms with Crippen molar-refractivity contribution in [1.82, 2.24) is 10.2 Å². The van der Waals surface area contributed by atoms with Crippen LogP contribution in [0.25, 0.3) is 0 Å². The maximum Gasteiger partial charge on any atom is 0.00952 e. The average molecular weight is 252 g/mol. The minimum absolute atomic E-state index is 0.830. The highest BCUT2D eigenvalue weighted by Gasteiger charge is 2.24. The average Bonchev–Trinajstić information content (AvgIpc) is 2.84. The highest BCUT2D eigenvalue weighted by Crippen LogP contribution is 2.27. The van der Waals surface area contributed by atoms with Crippen molar-refractivity contribution < 1.29 is 0 Å². The number of nitrogens with one attached hydrogen (secondary N) is 1. The summed E-state index contributed by atoms with van der Waals surface area (Å²) in [7, 11) is 0. The van der Waals surface area contributed by atoms with E-state index < -0.39 is 0 Å². The zero-order valence-corrected chi connectivity index (χ0v) is 12.5. The van der Waals surface area contributed by atoms with Gasteiger partial charge in [-0.05, 0) is 70.1 Å². The normalized spacial score (nSPS) is 31.0. The van der Waals surface area contributed by atoms with Gasteiger partial charge >= 0.3 is 0 Å². The van der Waals surface area contributed by atoms with E-state index in [2.05, 4.69) is 24.1 Å². The van der Waals surface area contributed by atoms with Gasteiger partial charge < -0.3 is 10.2 Å². The van der Waals surface area contributed by atoms with Crippen LogP contribution in [0, 0.1) is 11.8 Å². The van der Waals surface area contributed by atoms with E-state index in [1.165, 1.54) is 71.1 Å². The van der Waals surface area contributed by atoms with Crippen molar-refractivity contribution in [2.24, 2.45) is 11.8 Å². The fraction of sp³-hybridized carbons (Fsp3) is 1.00.